The molecule has 3 aromatic rings. The molecule has 0 radical (unpaired) electrons. The third-order valence-corrected chi connectivity index (χ3v) is 2.82. The summed E-state index contributed by atoms with van der Waals surface area (Å²) in [7, 11) is 0. The van der Waals surface area contributed by atoms with Gasteiger partial charge in [0, 0.05) is 11.1 Å². The van der Waals surface area contributed by atoms with Gasteiger partial charge in [-0.2, -0.15) is 0 Å². The Labute approximate surface area is 103 Å². The van der Waals surface area contributed by atoms with E-state index < -0.39 is 0 Å². The Bertz CT molecular complexity index is 760. The maximum atomic E-state index is 12.9. The van der Waals surface area contributed by atoms with E-state index >= 15 is 0 Å². The first kappa shape index (κ1) is 10.7. The van der Waals surface area contributed by atoms with Crippen LogP contribution in [0.5, 0.6) is 0 Å². The summed E-state index contributed by atoms with van der Waals surface area (Å²) in [6.07, 6.45) is 1.58. The minimum absolute atomic E-state index is 0.292. The second-order valence-corrected chi connectivity index (χ2v) is 3.96. The number of fused-ring (bicyclic) bond motifs is 1. The number of hydrogen-bond acceptors (Lipinski definition) is 2. The Morgan fingerprint density at radius 3 is 2.50 bits per heavy atom. The first-order chi connectivity index (χ1) is 8.75. The molecule has 0 saturated carbocycles. The molecule has 0 aliphatic rings. The minimum Gasteiger partial charge on any atom is -0.285 e. The lowest BCUT2D eigenvalue weighted by atomic mass is 10.2. The predicted octanol–water partition coefficient (Wildman–Crippen LogP) is 2.64. The van der Waals surface area contributed by atoms with Gasteiger partial charge in [0.25, 0.3) is 0 Å². The van der Waals surface area contributed by atoms with Gasteiger partial charge in [-0.25, -0.2) is 9.37 Å². The van der Waals surface area contributed by atoms with Crippen molar-refractivity contribution in [3.8, 4) is 5.69 Å². The summed E-state index contributed by atoms with van der Waals surface area (Å²) in [5.74, 6) is -0.292. The van der Waals surface area contributed by atoms with Crippen molar-refractivity contribution in [2.24, 2.45) is 0 Å². The van der Waals surface area contributed by atoms with Crippen molar-refractivity contribution in [2.75, 3.05) is 0 Å². The number of benzene rings is 2. The first-order valence-corrected chi connectivity index (χ1v) is 5.52. The van der Waals surface area contributed by atoms with E-state index in [9.17, 15) is 4.39 Å². The largest absolute Gasteiger partial charge is 0.285 e. The van der Waals surface area contributed by atoms with E-state index in [-0.39, 0.29) is 5.82 Å². The lowest BCUT2D eigenvalue weighted by Crippen LogP contribution is -2.18. The summed E-state index contributed by atoms with van der Waals surface area (Å²) >= 11 is 0. The van der Waals surface area contributed by atoms with Crippen LogP contribution in [0, 0.1) is 11.2 Å². The quantitative estimate of drug-likeness (QED) is 0.697. The van der Waals surface area contributed by atoms with Gasteiger partial charge in [0.05, 0.1) is 5.52 Å². The minimum atomic E-state index is -0.292. The third kappa shape index (κ3) is 1.68. The molecular weight excluding hydrogens is 229 g/mol. The highest BCUT2D eigenvalue weighted by molar-refractivity contribution is 5.76. The van der Waals surface area contributed by atoms with E-state index in [0.717, 1.165) is 16.6 Å². The van der Waals surface area contributed by atoms with Crippen molar-refractivity contribution in [3.05, 3.63) is 66.2 Å². The maximum Gasteiger partial charge on any atom is 0.140 e. The molecule has 1 heterocycles. The van der Waals surface area contributed by atoms with E-state index in [1.807, 2.05) is 24.3 Å². The van der Waals surface area contributed by atoms with Crippen LogP contribution in [0.2, 0.25) is 0 Å². The van der Waals surface area contributed by atoms with Crippen molar-refractivity contribution in [2.45, 2.75) is 0 Å². The van der Waals surface area contributed by atoms with Gasteiger partial charge in [0.1, 0.15) is 17.6 Å². The number of halogens is 1. The zero-order valence-corrected chi connectivity index (χ0v) is 9.47. The van der Waals surface area contributed by atoms with E-state index in [1.165, 1.54) is 12.1 Å². The van der Waals surface area contributed by atoms with Gasteiger partial charge in [-0.15, -0.1) is 0 Å². The molecule has 18 heavy (non-hydrogen) atoms. The van der Waals surface area contributed by atoms with Gasteiger partial charge in [-0.05, 0) is 36.4 Å². The zero-order chi connectivity index (χ0) is 12.5. The fraction of sp³-hybridized carbons (Fsp3) is 0. The van der Waals surface area contributed by atoms with E-state index in [4.69, 9.17) is 5.41 Å². The number of nitrogens with one attached hydrogen (secondary N) is 1. The summed E-state index contributed by atoms with van der Waals surface area (Å²) in [6.45, 7) is 0. The second-order valence-electron chi connectivity index (χ2n) is 3.96. The molecule has 4 heteroatoms. The average Bonchev–Trinajstić information content (AvgIpc) is 2.41. The van der Waals surface area contributed by atoms with Crippen LogP contribution in [-0.4, -0.2) is 9.55 Å². The fourth-order valence-electron chi connectivity index (χ4n) is 1.89. The molecule has 3 rings (SSSR count). The lowest BCUT2D eigenvalue weighted by molar-refractivity contribution is 0.627. The molecule has 1 N–H and O–H groups in total. The van der Waals surface area contributed by atoms with Gasteiger partial charge >= 0.3 is 0 Å². The Balaban J connectivity index is 2.27. The predicted molar refractivity (Wildman–Crippen MR) is 66.9 cm³/mol. The van der Waals surface area contributed by atoms with Gasteiger partial charge in [-0.3, -0.25) is 9.98 Å². The molecule has 0 fully saturated rings. The molecule has 2 aromatic carbocycles. The van der Waals surface area contributed by atoms with Gasteiger partial charge in [-0.1, -0.05) is 12.1 Å². The van der Waals surface area contributed by atoms with E-state index in [2.05, 4.69) is 4.98 Å². The van der Waals surface area contributed by atoms with Crippen molar-refractivity contribution < 1.29 is 4.39 Å². The van der Waals surface area contributed by atoms with Crippen molar-refractivity contribution in [1.29, 1.82) is 5.41 Å². The Morgan fingerprint density at radius 1 is 1.00 bits per heavy atom. The van der Waals surface area contributed by atoms with Gasteiger partial charge < -0.3 is 0 Å². The molecule has 0 atom stereocenters. The van der Waals surface area contributed by atoms with Crippen molar-refractivity contribution in [3.63, 3.8) is 0 Å². The Hall–Kier alpha value is -2.49. The number of nitrogens with zero attached hydrogens (tertiary/aromatic N) is 2. The Morgan fingerprint density at radius 2 is 1.72 bits per heavy atom. The molecule has 0 bridgehead atoms. The fourth-order valence-corrected chi connectivity index (χ4v) is 1.89. The van der Waals surface area contributed by atoms with E-state index in [1.54, 1.807) is 23.0 Å². The van der Waals surface area contributed by atoms with Gasteiger partial charge in [0.15, 0.2) is 0 Å². The number of aromatic nitrogens is 2. The van der Waals surface area contributed by atoms with Crippen molar-refractivity contribution in [1.82, 2.24) is 9.55 Å². The molecule has 0 aliphatic heterocycles. The van der Waals surface area contributed by atoms with Crippen LogP contribution in [-0.2, 0) is 0 Å². The zero-order valence-electron chi connectivity index (χ0n) is 9.47. The number of rotatable bonds is 1. The molecule has 3 nitrogen and oxygen atoms in total. The molecule has 0 spiro atoms. The average molecular weight is 239 g/mol. The molecule has 0 saturated heterocycles. The highest BCUT2D eigenvalue weighted by Crippen LogP contribution is 2.09. The van der Waals surface area contributed by atoms with Crippen LogP contribution in [0.25, 0.3) is 16.6 Å². The highest BCUT2D eigenvalue weighted by Gasteiger charge is 2.02. The van der Waals surface area contributed by atoms with Crippen molar-refractivity contribution >= 4 is 10.9 Å². The van der Waals surface area contributed by atoms with Crippen LogP contribution < -0.4 is 5.49 Å². The summed E-state index contributed by atoms with van der Waals surface area (Å²) in [5, 5.41) is 8.93. The normalized spacial score (nSPS) is 10.7. The van der Waals surface area contributed by atoms with Crippen LogP contribution in [0.4, 0.5) is 4.39 Å². The lowest BCUT2D eigenvalue weighted by Gasteiger charge is -2.07. The van der Waals surface area contributed by atoms with Gasteiger partial charge in [0.2, 0.25) is 0 Å². The molecular formula is C14H10FN3. The smallest absolute Gasteiger partial charge is 0.140 e. The van der Waals surface area contributed by atoms with Crippen LogP contribution in [0.15, 0.2) is 54.9 Å². The third-order valence-electron chi connectivity index (χ3n) is 2.82. The molecule has 1 aromatic heterocycles. The molecule has 0 unspecified atom stereocenters. The molecule has 0 amide bonds. The number of hydrogen-bond donors (Lipinski definition) is 1. The summed E-state index contributed by atoms with van der Waals surface area (Å²) in [5.41, 5.74) is 1.84. The summed E-state index contributed by atoms with van der Waals surface area (Å²) in [4.78, 5) is 4.29. The van der Waals surface area contributed by atoms with E-state index in [0.29, 0.717) is 5.49 Å². The van der Waals surface area contributed by atoms with Crippen LogP contribution >= 0.6 is 0 Å². The number of para-hydroxylation sites is 1. The summed E-state index contributed by atoms with van der Waals surface area (Å²) < 4.78 is 14.5. The molecule has 0 aliphatic carbocycles. The standard InChI is InChI=1S/C14H10FN3/c15-10-5-7-11(8-6-10)18-9-17-13-4-2-1-3-12(13)14(18)16/h1-9,16H. The molecule has 88 valence electrons. The van der Waals surface area contributed by atoms with Crippen LogP contribution in [0.1, 0.15) is 0 Å². The monoisotopic (exact) mass is 239 g/mol. The first-order valence-electron chi connectivity index (χ1n) is 5.52. The second kappa shape index (κ2) is 4.07. The maximum absolute atomic E-state index is 12.9. The highest BCUT2D eigenvalue weighted by atomic mass is 19.1. The topological polar surface area (TPSA) is 41.7 Å². The van der Waals surface area contributed by atoms with Crippen LogP contribution in [0.3, 0.4) is 0 Å². The SMILES string of the molecule is N=c1c2ccccc2ncn1-c1ccc(F)cc1. The Kier molecular flexibility index (Phi) is 2.41. The summed E-state index contributed by atoms with van der Waals surface area (Å²) in [6, 6.07) is 13.5.